The third-order valence-corrected chi connectivity index (χ3v) is 6.00. The summed E-state index contributed by atoms with van der Waals surface area (Å²) in [7, 11) is 0. The van der Waals surface area contributed by atoms with Crippen molar-refractivity contribution in [3.63, 3.8) is 0 Å². The number of hydrogen-bond donors (Lipinski definition) is 0. The topological polar surface area (TPSA) is 59.1 Å². The van der Waals surface area contributed by atoms with Crippen molar-refractivity contribution in [2.45, 2.75) is 46.8 Å². The van der Waals surface area contributed by atoms with Crippen LogP contribution in [-0.4, -0.2) is 60.1 Å². The highest BCUT2D eigenvalue weighted by atomic mass is 16.5. The van der Waals surface area contributed by atoms with Gasteiger partial charge in [0.25, 0.3) is 11.8 Å². The SMILES string of the molecule is Cc1ccc(C2=C(N3CC(C)OC(C)C3)C(=O)N(CCOc3cc(C)cc(C)c3)C2=O)cc1. The maximum Gasteiger partial charge on any atom is 0.277 e. The van der Waals surface area contributed by atoms with Crippen molar-refractivity contribution in [1.29, 1.82) is 0 Å². The molecule has 6 nitrogen and oxygen atoms in total. The number of morpholine rings is 1. The van der Waals surface area contributed by atoms with Crippen LogP contribution in [0.15, 0.2) is 48.2 Å². The predicted octanol–water partition coefficient (Wildman–Crippen LogP) is 3.88. The summed E-state index contributed by atoms with van der Waals surface area (Å²) in [4.78, 5) is 30.4. The first-order valence-corrected chi connectivity index (χ1v) is 11.5. The van der Waals surface area contributed by atoms with Crippen molar-refractivity contribution >= 4 is 17.4 Å². The highest BCUT2D eigenvalue weighted by molar-refractivity contribution is 6.35. The number of carbonyl (C=O) groups excluding carboxylic acids is 2. The zero-order valence-corrected chi connectivity index (χ0v) is 20.1. The predicted molar refractivity (Wildman–Crippen MR) is 128 cm³/mol. The number of hydrogen-bond acceptors (Lipinski definition) is 5. The summed E-state index contributed by atoms with van der Waals surface area (Å²) >= 11 is 0. The van der Waals surface area contributed by atoms with Crippen LogP contribution in [-0.2, 0) is 14.3 Å². The third-order valence-electron chi connectivity index (χ3n) is 6.00. The minimum atomic E-state index is -0.269. The molecule has 1 saturated heterocycles. The molecular formula is C27H32N2O4. The number of aryl methyl sites for hydroxylation is 3. The summed E-state index contributed by atoms with van der Waals surface area (Å²) < 4.78 is 11.8. The van der Waals surface area contributed by atoms with Crippen molar-refractivity contribution < 1.29 is 19.1 Å². The number of rotatable bonds is 6. The number of carbonyl (C=O) groups is 2. The first-order chi connectivity index (χ1) is 15.7. The van der Waals surface area contributed by atoms with Gasteiger partial charge in [0.1, 0.15) is 18.1 Å². The molecule has 2 aromatic rings. The number of amides is 2. The van der Waals surface area contributed by atoms with E-state index >= 15 is 0 Å². The second kappa shape index (κ2) is 9.40. The Morgan fingerprint density at radius 2 is 1.48 bits per heavy atom. The van der Waals surface area contributed by atoms with E-state index < -0.39 is 0 Å². The maximum atomic E-state index is 13.5. The van der Waals surface area contributed by atoms with E-state index in [9.17, 15) is 9.59 Å². The van der Waals surface area contributed by atoms with Crippen LogP contribution in [0.1, 0.15) is 36.1 Å². The highest BCUT2D eigenvalue weighted by Crippen LogP contribution is 2.33. The second-order valence-electron chi connectivity index (χ2n) is 9.19. The van der Waals surface area contributed by atoms with Crippen LogP contribution in [0.2, 0.25) is 0 Å². The average molecular weight is 449 g/mol. The van der Waals surface area contributed by atoms with Gasteiger partial charge >= 0.3 is 0 Å². The van der Waals surface area contributed by atoms with Gasteiger partial charge in [-0.3, -0.25) is 14.5 Å². The molecule has 2 aliphatic rings. The van der Waals surface area contributed by atoms with E-state index in [1.165, 1.54) is 4.90 Å². The van der Waals surface area contributed by atoms with E-state index in [1.54, 1.807) is 0 Å². The Morgan fingerprint density at radius 1 is 0.879 bits per heavy atom. The quantitative estimate of drug-likeness (QED) is 0.628. The van der Waals surface area contributed by atoms with Crippen LogP contribution in [0.3, 0.4) is 0 Å². The maximum absolute atomic E-state index is 13.5. The van der Waals surface area contributed by atoms with Crippen molar-refractivity contribution in [3.8, 4) is 5.75 Å². The molecule has 2 heterocycles. The van der Waals surface area contributed by atoms with Crippen molar-refractivity contribution in [2.75, 3.05) is 26.2 Å². The van der Waals surface area contributed by atoms with Crippen LogP contribution in [0, 0.1) is 20.8 Å². The van der Waals surface area contributed by atoms with Gasteiger partial charge in [0, 0.05) is 13.1 Å². The summed E-state index contributed by atoms with van der Waals surface area (Å²) in [6, 6.07) is 13.8. The molecule has 0 N–H and O–H groups in total. The Balaban J connectivity index is 1.59. The zero-order valence-electron chi connectivity index (χ0n) is 20.1. The van der Waals surface area contributed by atoms with Gasteiger partial charge in [0.2, 0.25) is 0 Å². The van der Waals surface area contributed by atoms with Gasteiger partial charge in [-0.2, -0.15) is 0 Å². The van der Waals surface area contributed by atoms with Crippen molar-refractivity contribution in [3.05, 3.63) is 70.4 Å². The van der Waals surface area contributed by atoms with Crippen LogP contribution in [0.4, 0.5) is 0 Å². The van der Waals surface area contributed by atoms with E-state index in [0.717, 1.165) is 28.0 Å². The molecule has 0 aromatic heterocycles. The first-order valence-electron chi connectivity index (χ1n) is 11.5. The monoisotopic (exact) mass is 448 g/mol. The van der Waals surface area contributed by atoms with Gasteiger partial charge in [0.15, 0.2) is 0 Å². The Morgan fingerprint density at radius 3 is 2.09 bits per heavy atom. The van der Waals surface area contributed by atoms with Crippen LogP contribution < -0.4 is 4.74 Å². The van der Waals surface area contributed by atoms with E-state index in [4.69, 9.17) is 9.47 Å². The summed E-state index contributed by atoms with van der Waals surface area (Å²) in [5, 5.41) is 0. The van der Waals surface area contributed by atoms with Gasteiger partial charge in [0.05, 0.1) is 24.3 Å². The normalized spacial score (nSPS) is 21.2. The molecule has 0 spiro atoms. The molecule has 0 radical (unpaired) electrons. The van der Waals surface area contributed by atoms with Gasteiger partial charge in [-0.15, -0.1) is 0 Å². The molecule has 2 amide bonds. The molecule has 2 aliphatic heterocycles. The Labute approximate surface area is 195 Å². The van der Waals surface area contributed by atoms with Gasteiger partial charge in [-0.1, -0.05) is 35.9 Å². The zero-order chi connectivity index (χ0) is 23.7. The van der Waals surface area contributed by atoms with E-state index in [1.807, 2.05) is 75.9 Å². The lowest BCUT2D eigenvalue weighted by molar-refractivity contribution is -0.138. The number of ether oxygens (including phenoxy) is 2. The smallest absolute Gasteiger partial charge is 0.277 e. The highest BCUT2D eigenvalue weighted by Gasteiger charge is 2.42. The third kappa shape index (κ3) is 4.96. The standard InChI is InChI=1S/C27H32N2O4/c1-17-6-8-22(9-7-17)24-25(28-15-20(4)33-21(5)16-28)27(31)29(26(24)30)10-11-32-23-13-18(2)12-19(3)14-23/h6-9,12-14,20-21H,10-11,15-16H2,1-5H3. The van der Waals surface area contributed by atoms with Gasteiger partial charge in [-0.25, -0.2) is 0 Å². The molecule has 2 unspecified atom stereocenters. The largest absolute Gasteiger partial charge is 0.492 e. The summed E-state index contributed by atoms with van der Waals surface area (Å²) in [5.74, 6) is 0.213. The van der Waals surface area contributed by atoms with Crippen LogP contribution in [0.5, 0.6) is 5.75 Å². The molecule has 1 fully saturated rings. The molecule has 0 aliphatic carbocycles. The van der Waals surface area contributed by atoms with E-state index in [-0.39, 0.29) is 37.2 Å². The molecule has 0 bridgehead atoms. The minimum Gasteiger partial charge on any atom is -0.492 e. The molecule has 2 atom stereocenters. The van der Waals surface area contributed by atoms with Crippen molar-refractivity contribution in [1.82, 2.24) is 9.80 Å². The molecular weight excluding hydrogens is 416 g/mol. The van der Waals surface area contributed by atoms with Crippen molar-refractivity contribution in [2.24, 2.45) is 0 Å². The fourth-order valence-electron chi connectivity index (χ4n) is 4.67. The fraction of sp³-hybridized carbons (Fsp3) is 0.407. The average Bonchev–Trinajstić information content (AvgIpc) is 2.98. The number of imide groups is 1. The molecule has 33 heavy (non-hydrogen) atoms. The number of nitrogens with zero attached hydrogens (tertiary/aromatic N) is 2. The molecule has 4 rings (SSSR count). The minimum absolute atomic E-state index is 0.0228. The lowest BCUT2D eigenvalue weighted by Gasteiger charge is -2.37. The molecule has 174 valence electrons. The Hall–Kier alpha value is -3.12. The lowest BCUT2D eigenvalue weighted by Crippen LogP contribution is -2.47. The number of benzene rings is 2. The van der Waals surface area contributed by atoms with Crippen LogP contribution in [0.25, 0.3) is 5.57 Å². The van der Waals surface area contributed by atoms with Gasteiger partial charge in [-0.05, 0) is 63.4 Å². The second-order valence-corrected chi connectivity index (χ2v) is 9.19. The Kier molecular flexibility index (Phi) is 6.56. The first kappa shape index (κ1) is 23.1. The molecule has 6 heteroatoms. The summed E-state index contributed by atoms with van der Waals surface area (Å²) in [5.41, 5.74) is 5.02. The Bertz CT molecular complexity index is 1060. The molecule has 0 saturated carbocycles. The summed E-state index contributed by atoms with van der Waals surface area (Å²) in [6.45, 7) is 11.6. The van der Waals surface area contributed by atoms with E-state index in [0.29, 0.717) is 24.4 Å². The van der Waals surface area contributed by atoms with E-state index in [2.05, 4.69) is 6.07 Å². The molecule has 2 aromatic carbocycles. The van der Waals surface area contributed by atoms with Crippen LogP contribution >= 0.6 is 0 Å². The summed E-state index contributed by atoms with van der Waals surface area (Å²) in [6.07, 6.45) is -0.0456. The fourth-order valence-corrected chi connectivity index (χ4v) is 4.67. The lowest BCUT2D eigenvalue weighted by atomic mass is 10.0. The van der Waals surface area contributed by atoms with Gasteiger partial charge < -0.3 is 14.4 Å².